The Morgan fingerprint density at radius 2 is 1.96 bits per heavy atom. The van der Waals surface area contributed by atoms with Crippen molar-refractivity contribution in [3.05, 3.63) is 52.5 Å². The summed E-state index contributed by atoms with van der Waals surface area (Å²) in [6.07, 6.45) is 1.62. The van der Waals surface area contributed by atoms with E-state index in [0.29, 0.717) is 5.75 Å². The van der Waals surface area contributed by atoms with Crippen molar-refractivity contribution in [2.45, 2.75) is 0 Å². The smallest absolute Gasteiger partial charge is 0.245 e. The van der Waals surface area contributed by atoms with E-state index in [1.54, 1.807) is 6.21 Å². The highest BCUT2D eigenvalue weighted by Gasteiger charge is 2.12. The maximum atomic E-state index is 11.8. The largest absolute Gasteiger partial charge is 0.454 e. The van der Waals surface area contributed by atoms with Crippen molar-refractivity contribution in [2.75, 3.05) is 18.7 Å². The number of anilines is 1. The first-order chi connectivity index (χ1) is 11.2. The van der Waals surface area contributed by atoms with Gasteiger partial charge < -0.3 is 20.2 Å². The lowest BCUT2D eigenvalue weighted by atomic mass is 10.2. The predicted octanol–water partition coefficient (Wildman–Crippen LogP) is 2.74. The normalized spacial score (nSPS) is 12.4. The van der Waals surface area contributed by atoms with E-state index in [2.05, 4.69) is 31.8 Å². The first-order valence-corrected chi connectivity index (χ1v) is 7.71. The molecule has 0 bridgehead atoms. The van der Waals surface area contributed by atoms with Gasteiger partial charge in [-0.15, -0.1) is 0 Å². The number of rotatable bonds is 5. The number of halogens is 1. The van der Waals surface area contributed by atoms with Gasteiger partial charge in [0.15, 0.2) is 11.5 Å². The van der Waals surface area contributed by atoms with E-state index < -0.39 is 0 Å². The molecule has 1 aliphatic heterocycles. The fourth-order valence-corrected chi connectivity index (χ4v) is 2.23. The van der Waals surface area contributed by atoms with Gasteiger partial charge in [-0.1, -0.05) is 15.9 Å². The Bertz CT molecular complexity index is 732. The number of carbonyl (C=O) groups is 1. The van der Waals surface area contributed by atoms with Crippen LogP contribution in [0.4, 0.5) is 5.69 Å². The average molecular weight is 376 g/mol. The summed E-state index contributed by atoms with van der Waals surface area (Å²) in [4.78, 5) is 11.8. The molecular weight excluding hydrogens is 362 g/mol. The minimum atomic E-state index is -0.171. The van der Waals surface area contributed by atoms with Gasteiger partial charge in [-0.3, -0.25) is 4.79 Å². The highest BCUT2D eigenvalue weighted by Crippen LogP contribution is 2.31. The van der Waals surface area contributed by atoms with Crippen molar-refractivity contribution in [2.24, 2.45) is 5.10 Å². The Morgan fingerprint density at radius 1 is 1.17 bits per heavy atom. The molecule has 0 spiro atoms. The lowest BCUT2D eigenvalue weighted by molar-refractivity contribution is -0.115. The molecule has 3 rings (SSSR count). The van der Waals surface area contributed by atoms with Crippen LogP contribution in [0.2, 0.25) is 0 Å². The molecule has 0 atom stereocenters. The van der Waals surface area contributed by atoms with Crippen molar-refractivity contribution in [3.8, 4) is 11.5 Å². The van der Waals surface area contributed by atoms with Crippen LogP contribution in [0, 0.1) is 0 Å². The summed E-state index contributed by atoms with van der Waals surface area (Å²) in [6.45, 7) is 0.321. The summed E-state index contributed by atoms with van der Waals surface area (Å²) in [5.74, 6) is 1.25. The molecule has 2 aromatic carbocycles. The minimum Gasteiger partial charge on any atom is -0.454 e. The molecule has 0 unspecified atom stereocenters. The zero-order chi connectivity index (χ0) is 16.1. The van der Waals surface area contributed by atoms with Gasteiger partial charge in [0.2, 0.25) is 12.7 Å². The Labute approximate surface area is 141 Å². The van der Waals surface area contributed by atoms with Crippen molar-refractivity contribution in [1.82, 2.24) is 5.43 Å². The van der Waals surface area contributed by atoms with E-state index in [0.717, 1.165) is 21.5 Å². The van der Waals surface area contributed by atoms with Crippen LogP contribution < -0.4 is 20.2 Å². The van der Waals surface area contributed by atoms with Crippen LogP contribution in [-0.4, -0.2) is 25.5 Å². The number of nitrogens with one attached hydrogen (secondary N) is 2. The van der Waals surface area contributed by atoms with Crippen LogP contribution >= 0.6 is 15.9 Å². The number of hydrazone groups is 1. The van der Waals surface area contributed by atoms with E-state index in [4.69, 9.17) is 9.47 Å². The van der Waals surface area contributed by atoms with Gasteiger partial charge in [0.05, 0.1) is 6.21 Å². The fourth-order valence-electron chi connectivity index (χ4n) is 1.97. The molecule has 0 fully saturated rings. The third-order valence-electron chi connectivity index (χ3n) is 3.07. The zero-order valence-corrected chi connectivity index (χ0v) is 13.7. The topological polar surface area (TPSA) is 72.0 Å². The molecule has 1 aliphatic rings. The van der Waals surface area contributed by atoms with Gasteiger partial charge in [-0.2, -0.15) is 5.10 Å². The molecule has 2 aromatic rings. The molecule has 23 heavy (non-hydrogen) atoms. The second-order valence-corrected chi connectivity index (χ2v) is 5.68. The Balaban J connectivity index is 1.47. The molecule has 0 saturated carbocycles. The lowest BCUT2D eigenvalue weighted by Gasteiger charge is -2.04. The SMILES string of the molecule is O=C(CN/N=C/c1ccc2c(c1)OCO2)Nc1ccc(Br)cc1. The standard InChI is InChI=1S/C16H14BrN3O3/c17-12-2-4-13(5-3-12)20-16(21)9-19-18-8-11-1-6-14-15(7-11)23-10-22-14/h1-8,19H,9-10H2,(H,20,21)/b18-8+. The zero-order valence-electron chi connectivity index (χ0n) is 12.1. The Kier molecular flexibility index (Phi) is 4.77. The first kappa shape index (κ1) is 15.4. The molecule has 1 amide bonds. The monoisotopic (exact) mass is 375 g/mol. The van der Waals surface area contributed by atoms with Crippen LogP contribution in [0.15, 0.2) is 52.0 Å². The molecule has 0 aliphatic carbocycles. The summed E-state index contributed by atoms with van der Waals surface area (Å²) in [5.41, 5.74) is 4.30. The number of carbonyl (C=O) groups excluding carboxylic acids is 1. The van der Waals surface area contributed by atoms with E-state index in [9.17, 15) is 4.79 Å². The number of benzene rings is 2. The Morgan fingerprint density at radius 3 is 2.78 bits per heavy atom. The number of nitrogens with zero attached hydrogens (tertiary/aromatic N) is 1. The first-order valence-electron chi connectivity index (χ1n) is 6.92. The summed E-state index contributed by atoms with van der Waals surface area (Å²) >= 11 is 3.34. The van der Waals surface area contributed by atoms with Crippen molar-refractivity contribution < 1.29 is 14.3 Å². The summed E-state index contributed by atoms with van der Waals surface area (Å²) in [7, 11) is 0. The van der Waals surface area contributed by atoms with Gasteiger partial charge in [-0.05, 0) is 48.0 Å². The maximum absolute atomic E-state index is 11.8. The summed E-state index contributed by atoms with van der Waals surface area (Å²) in [6, 6.07) is 12.9. The molecular formula is C16H14BrN3O3. The highest BCUT2D eigenvalue weighted by atomic mass is 79.9. The number of amides is 1. The second kappa shape index (κ2) is 7.15. The minimum absolute atomic E-state index is 0.0805. The van der Waals surface area contributed by atoms with E-state index in [-0.39, 0.29) is 19.2 Å². The molecule has 118 valence electrons. The number of hydrogen-bond acceptors (Lipinski definition) is 5. The van der Waals surface area contributed by atoms with Crippen molar-refractivity contribution >= 4 is 33.7 Å². The molecule has 0 saturated heterocycles. The molecule has 6 nitrogen and oxygen atoms in total. The second-order valence-electron chi connectivity index (χ2n) is 4.76. The summed E-state index contributed by atoms with van der Waals surface area (Å²) < 4.78 is 11.5. The molecule has 0 radical (unpaired) electrons. The average Bonchev–Trinajstić information content (AvgIpc) is 3.01. The van der Waals surface area contributed by atoms with Gasteiger partial charge in [0, 0.05) is 10.2 Å². The van der Waals surface area contributed by atoms with Gasteiger partial charge >= 0.3 is 0 Å². The fraction of sp³-hybridized carbons (Fsp3) is 0.125. The summed E-state index contributed by atoms with van der Waals surface area (Å²) in [5, 5.41) is 6.79. The third-order valence-corrected chi connectivity index (χ3v) is 3.60. The van der Waals surface area contributed by atoms with Gasteiger partial charge in [0.1, 0.15) is 6.54 Å². The molecule has 1 heterocycles. The van der Waals surface area contributed by atoms with Gasteiger partial charge in [0.25, 0.3) is 0 Å². The lowest BCUT2D eigenvalue weighted by Crippen LogP contribution is -2.24. The quantitative estimate of drug-likeness (QED) is 0.622. The van der Waals surface area contributed by atoms with Crippen LogP contribution in [0.3, 0.4) is 0 Å². The van der Waals surface area contributed by atoms with E-state index >= 15 is 0 Å². The van der Waals surface area contributed by atoms with E-state index in [1.807, 2.05) is 42.5 Å². The van der Waals surface area contributed by atoms with Crippen LogP contribution in [-0.2, 0) is 4.79 Å². The highest BCUT2D eigenvalue weighted by molar-refractivity contribution is 9.10. The van der Waals surface area contributed by atoms with Gasteiger partial charge in [-0.25, -0.2) is 0 Å². The van der Waals surface area contributed by atoms with E-state index in [1.165, 1.54) is 0 Å². The van der Waals surface area contributed by atoms with Crippen LogP contribution in [0.25, 0.3) is 0 Å². The van der Waals surface area contributed by atoms with Crippen LogP contribution in [0.5, 0.6) is 11.5 Å². The molecule has 0 aromatic heterocycles. The molecule has 2 N–H and O–H groups in total. The van der Waals surface area contributed by atoms with Crippen molar-refractivity contribution in [3.63, 3.8) is 0 Å². The number of ether oxygens (including phenoxy) is 2. The van der Waals surface area contributed by atoms with Crippen LogP contribution in [0.1, 0.15) is 5.56 Å². The van der Waals surface area contributed by atoms with Crippen molar-refractivity contribution in [1.29, 1.82) is 0 Å². The third kappa shape index (κ3) is 4.23. The number of hydrogen-bond donors (Lipinski definition) is 2. The Hall–Kier alpha value is -2.54. The maximum Gasteiger partial charge on any atom is 0.245 e. The predicted molar refractivity (Wildman–Crippen MR) is 90.9 cm³/mol. The molecule has 7 heteroatoms. The number of fused-ring (bicyclic) bond motifs is 1.